The van der Waals surface area contributed by atoms with E-state index < -0.39 is 0 Å². The first-order valence-corrected chi connectivity index (χ1v) is 8.17. The maximum absolute atomic E-state index is 11.6. The largest absolute Gasteiger partial charge is 0.445 e. The molecular weight excluding hydrogens is 250 g/mol. The summed E-state index contributed by atoms with van der Waals surface area (Å²) >= 11 is 0. The van der Waals surface area contributed by atoms with Crippen molar-refractivity contribution in [1.82, 2.24) is 5.32 Å². The fraction of sp³-hybridized carbons (Fsp3) is 0.824. The zero-order valence-electron chi connectivity index (χ0n) is 13.4. The van der Waals surface area contributed by atoms with E-state index in [4.69, 9.17) is 4.74 Å². The Morgan fingerprint density at radius 2 is 2.00 bits per heavy atom. The van der Waals surface area contributed by atoms with Crippen molar-refractivity contribution < 1.29 is 9.53 Å². The van der Waals surface area contributed by atoms with Gasteiger partial charge in [-0.2, -0.15) is 0 Å². The third-order valence-electron chi connectivity index (χ3n) is 3.93. The highest BCUT2D eigenvalue weighted by Crippen LogP contribution is 2.17. The van der Waals surface area contributed by atoms with Gasteiger partial charge in [-0.05, 0) is 44.6 Å². The van der Waals surface area contributed by atoms with E-state index >= 15 is 0 Å². The molecule has 0 saturated heterocycles. The first kappa shape index (κ1) is 17.1. The van der Waals surface area contributed by atoms with Crippen molar-refractivity contribution in [3.8, 4) is 0 Å². The highest BCUT2D eigenvalue weighted by molar-refractivity contribution is 5.67. The van der Waals surface area contributed by atoms with Crippen molar-refractivity contribution in [2.45, 2.75) is 78.2 Å². The van der Waals surface area contributed by atoms with Gasteiger partial charge in [-0.3, -0.25) is 0 Å². The Morgan fingerprint density at radius 1 is 1.30 bits per heavy atom. The van der Waals surface area contributed by atoms with Crippen molar-refractivity contribution in [1.29, 1.82) is 0 Å². The molecule has 1 amide bonds. The van der Waals surface area contributed by atoms with E-state index in [0.717, 1.165) is 25.2 Å². The number of carbonyl (C=O) groups is 1. The van der Waals surface area contributed by atoms with Crippen molar-refractivity contribution in [3.63, 3.8) is 0 Å². The van der Waals surface area contributed by atoms with E-state index in [1.54, 1.807) is 0 Å². The first-order chi connectivity index (χ1) is 9.58. The van der Waals surface area contributed by atoms with Crippen LogP contribution in [0.25, 0.3) is 0 Å². The molecule has 0 radical (unpaired) electrons. The topological polar surface area (TPSA) is 38.3 Å². The predicted octanol–water partition coefficient (Wildman–Crippen LogP) is 4.82. The summed E-state index contributed by atoms with van der Waals surface area (Å²) in [5, 5.41) is 2.96. The van der Waals surface area contributed by atoms with E-state index in [1.165, 1.54) is 37.7 Å². The summed E-state index contributed by atoms with van der Waals surface area (Å²) in [5.41, 5.74) is 1.32. The second kappa shape index (κ2) is 9.84. The second-order valence-electron chi connectivity index (χ2n) is 6.41. The molecule has 0 aromatic carbocycles. The van der Waals surface area contributed by atoms with Gasteiger partial charge in [-0.15, -0.1) is 0 Å². The zero-order valence-corrected chi connectivity index (χ0v) is 13.4. The number of allylic oxidation sites excluding steroid dienone is 1. The molecule has 0 bridgehead atoms. The van der Waals surface area contributed by atoms with Gasteiger partial charge in [0.25, 0.3) is 0 Å². The fourth-order valence-corrected chi connectivity index (χ4v) is 2.61. The summed E-state index contributed by atoms with van der Waals surface area (Å²) in [6.45, 7) is 7.00. The van der Waals surface area contributed by atoms with Gasteiger partial charge in [0.15, 0.2) is 0 Å². The molecule has 1 saturated carbocycles. The smallest absolute Gasteiger partial charge is 0.407 e. The molecule has 116 valence electrons. The molecule has 3 nitrogen and oxygen atoms in total. The van der Waals surface area contributed by atoms with Gasteiger partial charge in [0, 0.05) is 6.04 Å². The maximum Gasteiger partial charge on any atom is 0.407 e. The summed E-state index contributed by atoms with van der Waals surface area (Å²) in [4.78, 5) is 11.6. The Kier molecular flexibility index (Phi) is 8.40. The average Bonchev–Trinajstić information content (AvgIpc) is 2.39. The highest BCUT2D eigenvalue weighted by atomic mass is 16.5. The van der Waals surface area contributed by atoms with E-state index in [-0.39, 0.29) is 6.09 Å². The molecule has 0 aromatic heterocycles. The predicted molar refractivity (Wildman–Crippen MR) is 83.8 cm³/mol. The number of ether oxygens (including phenoxy) is 1. The van der Waals surface area contributed by atoms with Gasteiger partial charge in [-0.25, -0.2) is 4.79 Å². The van der Waals surface area contributed by atoms with Crippen LogP contribution in [0, 0.1) is 5.92 Å². The van der Waals surface area contributed by atoms with E-state index in [9.17, 15) is 4.79 Å². The van der Waals surface area contributed by atoms with Crippen molar-refractivity contribution in [2.24, 2.45) is 5.92 Å². The Balaban J connectivity index is 2.10. The molecule has 0 atom stereocenters. The second-order valence-corrected chi connectivity index (χ2v) is 6.41. The van der Waals surface area contributed by atoms with E-state index in [1.807, 2.05) is 6.08 Å². The Morgan fingerprint density at radius 3 is 2.65 bits per heavy atom. The van der Waals surface area contributed by atoms with Crippen LogP contribution < -0.4 is 5.32 Å². The molecule has 1 N–H and O–H groups in total. The van der Waals surface area contributed by atoms with Crippen LogP contribution >= 0.6 is 0 Å². The summed E-state index contributed by atoms with van der Waals surface area (Å²) < 4.78 is 5.22. The van der Waals surface area contributed by atoms with Gasteiger partial charge in [0.05, 0.1) is 0 Å². The van der Waals surface area contributed by atoms with Crippen LogP contribution in [0.1, 0.15) is 72.1 Å². The fourth-order valence-electron chi connectivity index (χ4n) is 2.61. The number of nitrogens with one attached hydrogen (secondary N) is 1. The lowest BCUT2D eigenvalue weighted by Crippen LogP contribution is -2.36. The number of hydrogen-bond acceptors (Lipinski definition) is 2. The Hall–Kier alpha value is -0.990. The molecule has 3 heteroatoms. The Bertz CT molecular complexity index is 304. The number of alkyl carbamates (subject to hydrolysis) is 1. The number of amides is 1. The van der Waals surface area contributed by atoms with Gasteiger partial charge in [0.2, 0.25) is 0 Å². The quantitative estimate of drug-likeness (QED) is 0.679. The standard InChI is InChI=1S/C17H31NO2/c1-14(2)8-7-9-15(3)12-13-20-17(19)18-16-10-5-4-6-11-16/h12,14,16H,4-11,13H2,1-3H3,(H,18,19)/b15-12+. The van der Waals surface area contributed by atoms with Crippen molar-refractivity contribution in [3.05, 3.63) is 11.6 Å². The molecule has 0 unspecified atom stereocenters. The number of hydrogen-bond donors (Lipinski definition) is 1. The minimum atomic E-state index is -0.261. The summed E-state index contributed by atoms with van der Waals surface area (Å²) in [6.07, 6.45) is 11.3. The normalized spacial score (nSPS) is 17.3. The average molecular weight is 281 g/mol. The van der Waals surface area contributed by atoms with Gasteiger partial charge in [-0.1, -0.05) is 45.1 Å². The minimum Gasteiger partial charge on any atom is -0.445 e. The molecule has 1 aliphatic rings. The van der Waals surface area contributed by atoms with Crippen LogP contribution in [-0.2, 0) is 4.74 Å². The van der Waals surface area contributed by atoms with E-state index in [0.29, 0.717) is 12.6 Å². The SMILES string of the molecule is C/C(=C\COC(=O)NC1CCCCC1)CCCC(C)C. The molecule has 1 fully saturated rings. The Labute approximate surface area is 124 Å². The molecule has 0 spiro atoms. The number of carbonyl (C=O) groups excluding carboxylic acids is 1. The molecule has 0 heterocycles. The molecular formula is C17H31NO2. The molecule has 20 heavy (non-hydrogen) atoms. The van der Waals surface area contributed by atoms with E-state index in [2.05, 4.69) is 26.1 Å². The van der Waals surface area contributed by atoms with Crippen LogP contribution in [0.5, 0.6) is 0 Å². The lowest BCUT2D eigenvalue weighted by Gasteiger charge is -2.22. The van der Waals surface area contributed by atoms with Gasteiger partial charge < -0.3 is 10.1 Å². The van der Waals surface area contributed by atoms with Crippen molar-refractivity contribution in [2.75, 3.05) is 6.61 Å². The van der Waals surface area contributed by atoms with Crippen LogP contribution in [-0.4, -0.2) is 18.7 Å². The highest BCUT2D eigenvalue weighted by Gasteiger charge is 2.15. The van der Waals surface area contributed by atoms with Gasteiger partial charge in [0.1, 0.15) is 6.61 Å². The first-order valence-electron chi connectivity index (χ1n) is 8.17. The van der Waals surface area contributed by atoms with Crippen molar-refractivity contribution >= 4 is 6.09 Å². The summed E-state index contributed by atoms with van der Waals surface area (Å²) in [5.74, 6) is 0.764. The van der Waals surface area contributed by atoms with Gasteiger partial charge >= 0.3 is 6.09 Å². The van der Waals surface area contributed by atoms with Crippen LogP contribution in [0.15, 0.2) is 11.6 Å². The molecule has 0 aliphatic heterocycles. The molecule has 1 aliphatic carbocycles. The van der Waals surface area contributed by atoms with Crippen LogP contribution in [0.4, 0.5) is 4.79 Å². The molecule has 0 aromatic rings. The lowest BCUT2D eigenvalue weighted by molar-refractivity contribution is 0.150. The maximum atomic E-state index is 11.6. The lowest BCUT2D eigenvalue weighted by atomic mass is 9.96. The minimum absolute atomic E-state index is 0.261. The monoisotopic (exact) mass is 281 g/mol. The van der Waals surface area contributed by atoms with Crippen LogP contribution in [0.2, 0.25) is 0 Å². The summed E-state index contributed by atoms with van der Waals surface area (Å²) in [6, 6.07) is 0.326. The zero-order chi connectivity index (χ0) is 14.8. The third-order valence-corrected chi connectivity index (χ3v) is 3.93. The number of rotatable bonds is 7. The summed E-state index contributed by atoms with van der Waals surface area (Å²) in [7, 11) is 0. The third kappa shape index (κ3) is 8.23. The molecule has 1 rings (SSSR count). The van der Waals surface area contributed by atoms with Crippen LogP contribution in [0.3, 0.4) is 0 Å².